The number of hydrogen-bond acceptors (Lipinski definition) is 6. The molecule has 178 valence electrons. The van der Waals surface area contributed by atoms with Gasteiger partial charge in [0.1, 0.15) is 17.0 Å². The minimum absolute atomic E-state index is 0. The zero-order valence-electron chi connectivity index (χ0n) is 17.6. The number of benzene rings is 2. The van der Waals surface area contributed by atoms with E-state index in [9.17, 15) is 20.1 Å². The second-order valence-electron chi connectivity index (χ2n) is 8.14. The van der Waals surface area contributed by atoms with E-state index in [1.54, 1.807) is 54.6 Å². The molecule has 2 heterocycles. The third-order valence-electron chi connectivity index (χ3n) is 6.61. The Morgan fingerprint density at radius 1 is 1.18 bits per heavy atom. The van der Waals surface area contributed by atoms with Crippen molar-refractivity contribution in [2.75, 3.05) is 7.11 Å². The summed E-state index contributed by atoms with van der Waals surface area (Å²) < 4.78 is 12.7. The van der Waals surface area contributed by atoms with Gasteiger partial charge in [0.2, 0.25) is 5.88 Å². The fourth-order valence-electron chi connectivity index (χ4n) is 5.39. The van der Waals surface area contributed by atoms with E-state index in [2.05, 4.69) is 20.9 Å². The number of pyridine rings is 1. The van der Waals surface area contributed by atoms with Gasteiger partial charge in [-0.25, -0.2) is 4.98 Å². The van der Waals surface area contributed by atoms with E-state index in [1.165, 1.54) is 13.2 Å². The molecular formula is C24H19ArBrClNO6. The molecule has 0 radical (unpaired) electrons. The Balaban J connectivity index is 0.00000274. The summed E-state index contributed by atoms with van der Waals surface area (Å²) in [7, 11) is 1.35. The van der Waals surface area contributed by atoms with Gasteiger partial charge < -0.3 is 24.8 Å². The van der Waals surface area contributed by atoms with E-state index >= 15 is 0 Å². The van der Waals surface area contributed by atoms with Crippen LogP contribution in [0.2, 0.25) is 5.15 Å². The Hall–Kier alpha value is -1.39. The second-order valence-corrected chi connectivity index (χ2v) is 9.44. The first kappa shape index (κ1) is 25.7. The minimum atomic E-state index is -2.21. The molecule has 1 saturated carbocycles. The number of halogens is 2. The van der Waals surface area contributed by atoms with Crippen LogP contribution in [0.15, 0.2) is 65.1 Å². The van der Waals surface area contributed by atoms with Gasteiger partial charge in [0, 0.05) is 54.2 Å². The van der Waals surface area contributed by atoms with Gasteiger partial charge in [-0.05, 0) is 23.3 Å². The van der Waals surface area contributed by atoms with Crippen molar-refractivity contribution >= 4 is 33.5 Å². The Bertz CT molecular complexity index is 1250. The third-order valence-corrected chi connectivity index (χ3v) is 7.33. The largest absolute Gasteiger partial charge is 0.481 e. The Morgan fingerprint density at radius 2 is 1.82 bits per heavy atom. The van der Waals surface area contributed by atoms with Gasteiger partial charge in [-0.2, -0.15) is 0 Å². The fourth-order valence-corrected chi connectivity index (χ4v) is 5.83. The number of carboxylic acid groups (broad SMARTS) is 1. The van der Waals surface area contributed by atoms with Crippen molar-refractivity contribution in [3.63, 3.8) is 0 Å². The van der Waals surface area contributed by atoms with Crippen LogP contribution in [0.25, 0.3) is 0 Å². The molecule has 0 bridgehead atoms. The molecule has 0 amide bonds. The molecule has 3 N–H and O–H groups in total. The number of aliphatic carboxylic acids is 1. The summed E-state index contributed by atoms with van der Waals surface area (Å²) >= 11 is 9.59. The van der Waals surface area contributed by atoms with Crippen molar-refractivity contribution in [2.24, 2.45) is 5.92 Å². The number of methoxy groups -OCH3 is 1. The third kappa shape index (κ3) is 3.42. The van der Waals surface area contributed by atoms with Gasteiger partial charge in [0.15, 0.2) is 11.2 Å². The van der Waals surface area contributed by atoms with Gasteiger partial charge in [-0.15, -0.1) is 0 Å². The maximum absolute atomic E-state index is 12.5. The molecule has 0 spiro atoms. The summed E-state index contributed by atoms with van der Waals surface area (Å²) in [5.74, 6) is -3.50. The summed E-state index contributed by atoms with van der Waals surface area (Å²) in [5.41, 5.74) is -2.77. The number of ether oxygens (including phenoxy) is 2. The van der Waals surface area contributed by atoms with Crippen LogP contribution in [0.1, 0.15) is 22.6 Å². The van der Waals surface area contributed by atoms with Crippen molar-refractivity contribution in [3.05, 3.63) is 87.0 Å². The van der Waals surface area contributed by atoms with E-state index in [1.807, 2.05) is 0 Å². The van der Waals surface area contributed by atoms with Crippen LogP contribution in [0.5, 0.6) is 11.6 Å². The molecular weight excluding hydrogens is 554 g/mol. The number of rotatable bonds is 4. The number of fused-ring (bicyclic) bond motifs is 3. The van der Waals surface area contributed by atoms with Crippen LogP contribution in [0, 0.1) is 43.7 Å². The Morgan fingerprint density at radius 3 is 2.41 bits per heavy atom. The first-order valence-electron chi connectivity index (χ1n) is 10.1. The van der Waals surface area contributed by atoms with Crippen molar-refractivity contribution in [1.29, 1.82) is 0 Å². The molecule has 1 fully saturated rings. The van der Waals surface area contributed by atoms with Gasteiger partial charge in [-0.3, -0.25) is 4.79 Å². The van der Waals surface area contributed by atoms with Crippen LogP contribution in [-0.2, 0) is 16.0 Å². The van der Waals surface area contributed by atoms with Crippen molar-refractivity contribution in [2.45, 2.75) is 23.2 Å². The number of hydrogen-bond donors (Lipinski definition) is 3. The SMILES string of the molecule is COc1nc(Cl)cc2c1C1(O)C(O)C(C(=O)O)C(c3ccccc3)C1(c1ccc(Br)cc1)O2.[Ar]. The summed E-state index contributed by atoms with van der Waals surface area (Å²) in [6, 6.07) is 17.3. The number of nitrogens with zero attached hydrogens (tertiary/aromatic N) is 1. The topological polar surface area (TPSA) is 109 Å². The van der Waals surface area contributed by atoms with Gasteiger partial charge in [0.25, 0.3) is 0 Å². The standard InChI is InChI=1S/C24H19BrClNO6.Ar/c1-32-21-19-15(11-16(26)27-21)33-24(13-7-9-14(25)10-8-13)18(12-5-3-2-4-6-12)17(22(29)30)20(28)23(19,24)31;/h2-11,17-18,20,28,31H,1H3,(H,29,30);. The number of aromatic nitrogens is 1. The number of aliphatic hydroxyl groups is 2. The molecule has 0 saturated heterocycles. The first-order chi connectivity index (χ1) is 15.8. The quantitative estimate of drug-likeness (QED) is 0.408. The fraction of sp³-hybridized carbons (Fsp3) is 0.250. The van der Waals surface area contributed by atoms with Gasteiger partial charge in [-0.1, -0.05) is 70.0 Å². The Kier molecular flexibility index (Phi) is 6.98. The smallest absolute Gasteiger partial charge is 0.310 e. The summed E-state index contributed by atoms with van der Waals surface area (Å²) in [6.07, 6.45) is -1.75. The molecule has 2 aliphatic rings. The van der Waals surface area contributed by atoms with Crippen LogP contribution in [0.4, 0.5) is 0 Å². The predicted octanol–water partition coefficient (Wildman–Crippen LogP) is 3.84. The monoisotopic (exact) mass is 571 g/mol. The molecule has 3 aromatic rings. The molecule has 7 nitrogen and oxygen atoms in total. The van der Waals surface area contributed by atoms with E-state index in [4.69, 9.17) is 21.1 Å². The zero-order chi connectivity index (χ0) is 23.5. The minimum Gasteiger partial charge on any atom is -0.481 e. The van der Waals surface area contributed by atoms with E-state index in [0.717, 1.165) is 4.47 Å². The summed E-state index contributed by atoms with van der Waals surface area (Å²) in [5, 5.41) is 34.1. The van der Waals surface area contributed by atoms with Gasteiger partial charge >= 0.3 is 5.97 Å². The predicted molar refractivity (Wildman–Crippen MR) is 122 cm³/mol. The molecule has 1 aliphatic heterocycles. The molecule has 5 atom stereocenters. The Labute approximate surface area is 238 Å². The maximum atomic E-state index is 12.5. The number of carbonyl (C=O) groups is 1. The molecule has 2 aromatic carbocycles. The van der Waals surface area contributed by atoms with E-state index in [-0.39, 0.29) is 60.1 Å². The molecule has 1 aromatic heterocycles. The number of aliphatic hydroxyl groups excluding tert-OH is 1. The maximum Gasteiger partial charge on any atom is 0.310 e. The van der Waals surface area contributed by atoms with Crippen LogP contribution >= 0.6 is 27.5 Å². The molecule has 34 heavy (non-hydrogen) atoms. The molecule has 5 rings (SSSR count). The average Bonchev–Trinajstić information content (AvgIpc) is 3.17. The summed E-state index contributed by atoms with van der Waals surface area (Å²) in [4.78, 5) is 16.7. The van der Waals surface area contributed by atoms with Gasteiger partial charge in [0.05, 0.1) is 18.6 Å². The first-order valence-corrected chi connectivity index (χ1v) is 11.3. The van der Waals surface area contributed by atoms with Crippen LogP contribution in [0.3, 0.4) is 0 Å². The zero-order valence-corrected chi connectivity index (χ0v) is 20.7. The van der Waals surface area contributed by atoms with Crippen LogP contribution < -0.4 is 9.47 Å². The van der Waals surface area contributed by atoms with E-state index in [0.29, 0.717) is 11.1 Å². The average molecular weight is 573 g/mol. The molecule has 10 heteroatoms. The summed E-state index contributed by atoms with van der Waals surface area (Å²) in [6.45, 7) is 0. The van der Waals surface area contributed by atoms with E-state index < -0.39 is 35.1 Å². The molecule has 5 unspecified atom stereocenters. The number of carboxylic acids is 1. The van der Waals surface area contributed by atoms with Crippen molar-refractivity contribution < 1.29 is 67.3 Å². The molecule has 1 aliphatic carbocycles. The van der Waals surface area contributed by atoms with Crippen LogP contribution in [-0.4, -0.2) is 39.5 Å². The normalized spacial score (nSPS) is 28.9. The van der Waals surface area contributed by atoms with Crippen molar-refractivity contribution in [1.82, 2.24) is 4.98 Å². The second kappa shape index (κ2) is 9.24. The van der Waals surface area contributed by atoms with Crippen molar-refractivity contribution in [3.8, 4) is 11.6 Å².